The van der Waals surface area contributed by atoms with Crippen LogP contribution in [-0.2, 0) is 4.79 Å². The Bertz CT molecular complexity index is 739. The highest BCUT2D eigenvalue weighted by Gasteiger charge is 2.17. The third kappa shape index (κ3) is 2.98. The zero-order chi connectivity index (χ0) is 14.7. The van der Waals surface area contributed by atoms with Crippen LogP contribution in [0.5, 0.6) is 0 Å². The number of hydrogen-bond acceptors (Lipinski definition) is 5. The molecule has 1 N–H and O–H groups in total. The predicted molar refractivity (Wildman–Crippen MR) is 83.0 cm³/mol. The number of nitrogens with zero attached hydrogens (tertiary/aromatic N) is 3. The van der Waals surface area contributed by atoms with E-state index < -0.39 is 5.97 Å². The Hall–Kier alpha value is -2.12. The van der Waals surface area contributed by atoms with E-state index in [1.165, 1.54) is 0 Å². The molecule has 2 aromatic heterocycles. The first-order chi connectivity index (χ1) is 10.3. The minimum Gasteiger partial charge on any atom is -0.481 e. The van der Waals surface area contributed by atoms with Crippen LogP contribution in [0.2, 0.25) is 0 Å². The maximum atomic E-state index is 10.8. The van der Waals surface area contributed by atoms with Gasteiger partial charge in [0.1, 0.15) is 0 Å². The smallest absolute Gasteiger partial charge is 0.313 e. The largest absolute Gasteiger partial charge is 0.481 e. The number of benzene rings is 1. The second-order valence-corrected chi connectivity index (χ2v) is 5.89. The average molecular weight is 317 g/mol. The molecular weight excluding hydrogens is 306 g/mol. The number of hydrogen-bond donors (Lipinski definition) is 1. The molecule has 0 atom stereocenters. The first-order valence-corrected chi connectivity index (χ1v) is 8.06. The summed E-state index contributed by atoms with van der Waals surface area (Å²) < 4.78 is 1.88. The molecular formula is C14H11N3O2S2. The highest BCUT2D eigenvalue weighted by atomic mass is 32.2. The number of aliphatic carboxylic acids is 1. The van der Waals surface area contributed by atoms with Crippen molar-refractivity contribution >= 4 is 29.1 Å². The lowest BCUT2D eigenvalue weighted by Crippen LogP contribution is -2.02. The lowest BCUT2D eigenvalue weighted by atomic mass is 10.3. The first kappa shape index (κ1) is 13.8. The van der Waals surface area contributed by atoms with Crippen molar-refractivity contribution in [1.29, 1.82) is 0 Å². The van der Waals surface area contributed by atoms with E-state index >= 15 is 0 Å². The van der Waals surface area contributed by atoms with Crippen LogP contribution in [0.25, 0.3) is 17.1 Å². The number of para-hydroxylation sites is 1. The molecule has 0 radical (unpaired) electrons. The molecule has 106 valence electrons. The molecule has 3 aromatic rings. The minimum absolute atomic E-state index is 0.0470. The van der Waals surface area contributed by atoms with Crippen LogP contribution in [0.15, 0.2) is 52.3 Å². The summed E-state index contributed by atoms with van der Waals surface area (Å²) >= 11 is 2.75. The number of carboxylic acids is 1. The van der Waals surface area contributed by atoms with E-state index in [4.69, 9.17) is 5.11 Å². The standard InChI is InChI=1S/C14H11N3O2S2/c18-12(19)9-21-14-16-15-13(10-6-7-20-8-10)17(14)11-4-2-1-3-5-11/h1-8H,9H2,(H,18,19). The number of carbonyl (C=O) groups is 1. The van der Waals surface area contributed by atoms with Crippen molar-refractivity contribution in [2.24, 2.45) is 0 Å². The lowest BCUT2D eigenvalue weighted by molar-refractivity contribution is -0.133. The lowest BCUT2D eigenvalue weighted by Gasteiger charge is -2.08. The van der Waals surface area contributed by atoms with Crippen LogP contribution in [-0.4, -0.2) is 31.6 Å². The summed E-state index contributed by atoms with van der Waals surface area (Å²) in [4.78, 5) is 10.8. The molecule has 1 aromatic carbocycles. The highest BCUT2D eigenvalue weighted by Crippen LogP contribution is 2.28. The molecule has 0 saturated heterocycles. The number of thioether (sulfide) groups is 1. The van der Waals surface area contributed by atoms with Gasteiger partial charge in [-0.25, -0.2) is 0 Å². The number of rotatable bonds is 5. The van der Waals surface area contributed by atoms with Crippen molar-refractivity contribution in [3.63, 3.8) is 0 Å². The molecule has 2 heterocycles. The SMILES string of the molecule is O=C(O)CSc1nnc(-c2ccsc2)n1-c1ccccc1. The topological polar surface area (TPSA) is 68.0 Å². The van der Waals surface area contributed by atoms with Gasteiger partial charge in [-0.15, -0.1) is 10.2 Å². The average Bonchev–Trinajstić information content (AvgIpc) is 3.15. The Morgan fingerprint density at radius 3 is 2.71 bits per heavy atom. The zero-order valence-corrected chi connectivity index (χ0v) is 12.5. The van der Waals surface area contributed by atoms with E-state index in [0.29, 0.717) is 5.16 Å². The van der Waals surface area contributed by atoms with Gasteiger partial charge < -0.3 is 5.11 Å². The molecule has 0 saturated carbocycles. The molecule has 5 nitrogen and oxygen atoms in total. The van der Waals surface area contributed by atoms with Crippen LogP contribution >= 0.6 is 23.1 Å². The maximum absolute atomic E-state index is 10.8. The second-order valence-electron chi connectivity index (χ2n) is 4.17. The van der Waals surface area contributed by atoms with Gasteiger partial charge in [-0.1, -0.05) is 30.0 Å². The Morgan fingerprint density at radius 1 is 1.24 bits per heavy atom. The third-order valence-electron chi connectivity index (χ3n) is 2.75. The summed E-state index contributed by atoms with van der Waals surface area (Å²) in [6.45, 7) is 0. The van der Waals surface area contributed by atoms with Crippen molar-refractivity contribution in [3.05, 3.63) is 47.2 Å². The maximum Gasteiger partial charge on any atom is 0.313 e. The fourth-order valence-electron chi connectivity index (χ4n) is 1.88. The molecule has 0 amide bonds. The van der Waals surface area contributed by atoms with Gasteiger partial charge in [-0.05, 0) is 23.6 Å². The van der Waals surface area contributed by atoms with E-state index in [1.807, 2.05) is 51.7 Å². The van der Waals surface area contributed by atoms with Gasteiger partial charge in [-0.3, -0.25) is 9.36 Å². The van der Waals surface area contributed by atoms with Crippen LogP contribution in [0.1, 0.15) is 0 Å². The summed E-state index contributed by atoms with van der Waals surface area (Å²) in [7, 11) is 0. The van der Waals surface area contributed by atoms with Crippen molar-refractivity contribution in [1.82, 2.24) is 14.8 Å². The Kier molecular flexibility index (Phi) is 4.03. The van der Waals surface area contributed by atoms with Gasteiger partial charge in [0.15, 0.2) is 11.0 Å². The van der Waals surface area contributed by atoms with Gasteiger partial charge in [0.05, 0.1) is 5.75 Å². The van der Waals surface area contributed by atoms with Crippen LogP contribution in [0, 0.1) is 0 Å². The summed E-state index contributed by atoms with van der Waals surface area (Å²) in [6.07, 6.45) is 0. The molecule has 0 aliphatic heterocycles. The fourth-order valence-corrected chi connectivity index (χ4v) is 3.18. The van der Waals surface area contributed by atoms with E-state index in [-0.39, 0.29) is 5.75 Å². The van der Waals surface area contributed by atoms with E-state index in [2.05, 4.69) is 10.2 Å². The molecule has 21 heavy (non-hydrogen) atoms. The van der Waals surface area contributed by atoms with E-state index in [9.17, 15) is 4.79 Å². The summed E-state index contributed by atoms with van der Waals surface area (Å²) in [5.74, 6) is -0.204. The molecule has 3 rings (SSSR count). The Labute approximate surface area is 129 Å². The van der Waals surface area contributed by atoms with Gasteiger partial charge in [0, 0.05) is 16.6 Å². The van der Waals surface area contributed by atoms with Crippen LogP contribution in [0.3, 0.4) is 0 Å². The van der Waals surface area contributed by atoms with Crippen molar-refractivity contribution < 1.29 is 9.90 Å². The van der Waals surface area contributed by atoms with Gasteiger partial charge >= 0.3 is 5.97 Å². The molecule has 0 spiro atoms. The van der Waals surface area contributed by atoms with Crippen LogP contribution in [0.4, 0.5) is 0 Å². The van der Waals surface area contributed by atoms with Crippen molar-refractivity contribution in [2.75, 3.05) is 5.75 Å². The van der Waals surface area contributed by atoms with Crippen molar-refractivity contribution in [2.45, 2.75) is 5.16 Å². The number of aromatic nitrogens is 3. The van der Waals surface area contributed by atoms with Gasteiger partial charge in [0.25, 0.3) is 0 Å². The van der Waals surface area contributed by atoms with Gasteiger partial charge in [0.2, 0.25) is 0 Å². The second kappa shape index (κ2) is 6.11. The third-order valence-corrected chi connectivity index (χ3v) is 4.35. The number of carboxylic acid groups (broad SMARTS) is 1. The highest BCUT2D eigenvalue weighted by molar-refractivity contribution is 7.99. The summed E-state index contributed by atoms with van der Waals surface area (Å²) in [5, 5.41) is 21.8. The summed E-state index contributed by atoms with van der Waals surface area (Å²) in [6, 6.07) is 11.7. The molecule has 0 aliphatic carbocycles. The molecule has 7 heteroatoms. The van der Waals surface area contributed by atoms with Crippen molar-refractivity contribution in [3.8, 4) is 17.1 Å². The molecule has 0 bridgehead atoms. The van der Waals surface area contributed by atoms with E-state index in [0.717, 1.165) is 28.8 Å². The molecule has 0 fully saturated rings. The molecule has 0 unspecified atom stereocenters. The summed E-state index contributed by atoms with van der Waals surface area (Å²) in [5.41, 5.74) is 1.88. The normalized spacial score (nSPS) is 10.7. The van der Waals surface area contributed by atoms with E-state index in [1.54, 1.807) is 11.3 Å². The van der Waals surface area contributed by atoms with Crippen LogP contribution < -0.4 is 0 Å². The predicted octanol–water partition coefficient (Wildman–Crippen LogP) is 3.17. The quantitative estimate of drug-likeness (QED) is 0.732. The zero-order valence-electron chi connectivity index (χ0n) is 10.8. The Balaban J connectivity index is 2.08. The van der Waals surface area contributed by atoms with Gasteiger partial charge in [-0.2, -0.15) is 11.3 Å². The first-order valence-electron chi connectivity index (χ1n) is 6.13. The monoisotopic (exact) mass is 317 g/mol. The minimum atomic E-state index is -0.875. The number of thiophene rings is 1. The Morgan fingerprint density at radius 2 is 2.05 bits per heavy atom. The molecule has 0 aliphatic rings. The fraction of sp³-hybridized carbons (Fsp3) is 0.0714.